The van der Waals surface area contributed by atoms with E-state index in [1.807, 2.05) is 18.3 Å². The highest BCUT2D eigenvalue weighted by molar-refractivity contribution is 6.31. The van der Waals surface area contributed by atoms with Gasteiger partial charge in [-0.1, -0.05) is 29.8 Å². The molecule has 1 aromatic heterocycles. The second-order valence-electron chi connectivity index (χ2n) is 6.57. The average Bonchev–Trinajstić information content (AvgIpc) is 2.63. The van der Waals surface area contributed by atoms with Gasteiger partial charge in [-0.3, -0.25) is 14.9 Å². The Morgan fingerprint density at radius 3 is 2.75 bits per heavy atom. The van der Waals surface area contributed by atoms with Crippen LogP contribution in [0.3, 0.4) is 0 Å². The van der Waals surface area contributed by atoms with E-state index in [1.165, 1.54) is 18.4 Å². The molecule has 2 heterocycles. The molecule has 1 aliphatic rings. The first-order valence-corrected chi connectivity index (χ1v) is 9.05. The molecule has 1 N–H and O–H groups in total. The normalized spacial score (nSPS) is 17.8. The predicted molar refractivity (Wildman–Crippen MR) is 97.9 cm³/mol. The van der Waals surface area contributed by atoms with Crippen LogP contribution in [0.25, 0.3) is 0 Å². The van der Waals surface area contributed by atoms with Gasteiger partial charge in [-0.2, -0.15) is 0 Å². The summed E-state index contributed by atoms with van der Waals surface area (Å²) in [6.45, 7) is 6.41. The van der Waals surface area contributed by atoms with Crippen molar-refractivity contribution in [3.8, 4) is 0 Å². The molecule has 1 atom stereocenters. The van der Waals surface area contributed by atoms with E-state index in [0.29, 0.717) is 0 Å². The Hall–Kier alpha value is -1.49. The van der Waals surface area contributed by atoms with E-state index in [4.69, 9.17) is 11.6 Å². The molecule has 1 aliphatic heterocycles. The van der Waals surface area contributed by atoms with Gasteiger partial charge < -0.3 is 5.32 Å². The Bertz CT molecular complexity index is 626. The summed E-state index contributed by atoms with van der Waals surface area (Å²) >= 11 is 6.27. The summed E-state index contributed by atoms with van der Waals surface area (Å²) in [7, 11) is 0. The third-order valence-electron chi connectivity index (χ3n) is 4.80. The van der Waals surface area contributed by atoms with Gasteiger partial charge in [-0.25, -0.2) is 0 Å². The molecule has 0 spiro atoms. The number of benzene rings is 1. The van der Waals surface area contributed by atoms with Crippen LogP contribution in [0.1, 0.15) is 37.1 Å². The van der Waals surface area contributed by atoms with Crippen molar-refractivity contribution >= 4 is 11.6 Å². The lowest BCUT2D eigenvalue weighted by Crippen LogP contribution is -2.37. The van der Waals surface area contributed by atoms with E-state index >= 15 is 0 Å². The molecule has 0 bridgehead atoms. The van der Waals surface area contributed by atoms with Crippen molar-refractivity contribution in [1.82, 2.24) is 20.2 Å². The molecule has 1 fully saturated rings. The summed E-state index contributed by atoms with van der Waals surface area (Å²) in [4.78, 5) is 11.0. The second kappa shape index (κ2) is 8.56. The maximum Gasteiger partial charge on any atom is 0.0753 e. The van der Waals surface area contributed by atoms with Crippen LogP contribution in [0, 0.1) is 5.92 Å². The molecule has 5 heteroatoms. The minimum Gasteiger partial charge on any atom is -0.309 e. The van der Waals surface area contributed by atoms with Gasteiger partial charge in [-0.15, -0.1) is 0 Å². The number of nitrogens with one attached hydrogen (secondary N) is 1. The van der Waals surface area contributed by atoms with E-state index in [1.54, 1.807) is 12.4 Å². The number of halogens is 1. The molecule has 128 valence electrons. The van der Waals surface area contributed by atoms with Crippen LogP contribution in [-0.2, 0) is 6.54 Å². The lowest BCUT2D eigenvalue weighted by Gasteiger charge is -2.32. The molecular weight excluding hydrogens is 320 g/mol. The van der Waals surface area contributed by atoms with Gasteiger partial charge in [0.1, 0.15) is 0 Å². The van der Waals surface area contributed by atoms with Gasteiger partial charge >= 0.3 is 0 Å². The maximum absolute atomic E-state index is 6.27. The molecule has 0 saturated carbocycles. The number of nitrogens with zero attached hydrogens (tertiary/aromatic N) is 3. The van der Waals surface area contributed by atoms with Gasteiger partial charge in [0.05, 0.1) is 5.69 Å². The van der Waals surface area contributed by atoms with Crippen molar-refractivity contribution in [2.45, 2.75) is 32.4 Å². The van der Waals surface area contributed by atoms with Crippen molar-refractivity contribution in [1.29, 1.82) is 0 Å². The summed E-state index contributed by atoms with van der Waals surface area (Å²) in [5, 5.41) is 4.47. The predicted octanol–water partition coefficient (Wildman–Crippen LogP) is 3.69. The maximum atomic E-state index is 6.27. The topological polar surface area (TPSA) is 41.0 Å². The lowest BCUT2D eigenvalue weighted by atomic mass is 9.96. The highest BCUT2D eigenvalue weighted by Crippen LogP contribution is 2.22. The van der Waals surface area contributed by atoms with Crippen molar-refractivity contribution in [2.24, 2.45) is 5.92 Å². The first-order chi connectivity index (χ1) is 11.7. The third-order valence-corrected chi connectivity index (χ3v) is 5.17. The summed E-state index contributed by atoms with van der Waals surface area (Å²) in [6, 6.07) is 8.40. The van der Waals surface area contributed by atoms with Crippen LogP contribution in [0.4, 0.5) is 0 Å². The lowest BCUT2D eigenvalue weighted by molar-refractivity contribution is 0.173. The van der Waals surface area contributed by atoms with Gasteiger partial charge in [0.15, 0.2) is 0 Å². The van der Waals surface area contributed by atoms with Crippen LogP contribution in [0.2, 0.25) is 5.02 Å². The average molecular weight is 345 g/mol. The van der Waals surface area contributed by atoms with Crippen LogP contribution >= 0.6 is 11.6 Å². The number of piperidine rings is 1. The molecule has 4 nitrogen and oxygen atoms in total. The molecular formula is C19H25ClN4. The molecule has 3 rings (SSSR count). The number of hydrogen-bond donors (Lipinski definition) is 1. The molecule has 1 aromatic carbocycles. The zero-order chi connectivity index (χ0) is 16.8. The van der Waals surface area contributed by atoms with Gasteiger partial charge in [0.25, 0.3) is 0 Å². The molecule has 0 radical (unpaired) electrons. The Morgan fingerprint density at radius 1 is 1.25 bits per heavy atom. The summed E-state index contributed by atoms with van der Waals surface area (Å²) in [5.41, 5.74) is 2.24. The SMILES string of the molecule is C[C@H](NCC1CCN(Cc2ccccc2Cl)CC1)c1cnccn1. The molecule has 2 aromatic rings. The molecule has 24 heavy (non-hydrogen) atoms. The quantitative estimate of drug-likeness (QED) is 0.867. The zero-order valence-corrected chi connectivity index (χ0v) is 14.9. The van der Waals surface area contributed by atoms with E-state index < -0.39 is 0 Å². The van der Waals surface area contributed by atoms with Gasteiger partial charge in [-0.05, 0) is 56.9 Å². The molecule has 1 saturated heterocycles. The summed E-state index contributed by atoms with van der Waals surface area (Å²) in [6.07, 6.45) is 7.75. The fourth-order valence-electron chi connectivity index (χ4n) is 3.20. The second-order valence-corrected chi connectivity index (χ2v) is 6.98. The number of aromatic nitrogens is 2. The Morgan fingerprint density at radius 2 is 2.04 bits per heavy atom. The van der Waals surface area contributed by atoms with Crippen LogP contribution in [-0.4, -0.2) is 34.5 Å². The Balaban J connectivity index is 1.42. The van der Waals surface area contributed by atoms with Crippen molar-refractivity contribution < 1.29 is 0 Å². The van der Waals surface area contributed by atoms with Crippen LogP contribution in [0.15, 0.2) is 42.9 Å². The van der Waals surface area contributed by atoms with Gasteiger partial charge in [0.2, 0.25) is 0 Å². The molecule has 0 aliphatic carbocycles. The minimum absolute atomic E-state index is 0.250. The number of hydrogen-bond acceptors (Lipinski definition) is 4. The minimum atomic E-state index is 0.250. The van der Waals surface area contributed by atoms with E-state index in [-0.39, 0.29) is 6.04 Å². The highest BCUT2D eigenvalue weighted by Gasteiger charge is 2.20. The number of rotatable bonds is 6. The van der Waals surface area contributed by atoms with Gasteiger partial charge in [0, 0.05) is 36.2 Å². The van der Waals surface area contributed by atoms with E-state index in [2.05, 4.69) is 39.2 Å². The monoisotopic (exact) mass is 344 g/mol. The van der Waals surface area contributed by atoms with E-state index in [9.17, 15) is 0 Å². The standard InChI is InChI=1S/C19H25ClN4/c1-15(19-13-21-8-9-22-19)23-12-16-6-10-24(11-7-16)14-17-4-2-3-5-18(17)20/h2-5,8-9,13,15-16,23H,6-7,10-12,14H2,1H3/t15-/m0/s1. The fraction of sp³-hybridized carbons (Fsp3) is 0.474. The van der Waals surface area contributed by atoms with Crippen molar-refractivity contribution in [2.75, 3.05) is 19.6 Å². The largest absolute Gasteiger partial charge is 0.309 e. The third kappa shape index (κ3) is 4.76. The molecule has 0 unspecified atom stereocenters. The summed E-state index contributed by atoms with van der Waals surface area (Å²) in [5.74, 6) is 0.728. The van der Waals surface area contributed by atoms with E-state index in [0.717, 1.165) is 42.8 Å². The van der Waals surface area contributed by atoms with Crippen LogP contribution < -0.4 is 5.32 Å². The Kier molecular flexibility index (Phi) is 6.18. The summed E-state index contributed by atoms with van der Waals surface area (Å²) < 4.78 is 0. The Labute approximate surface area is 149 Å². The first-order valence-electron chi connectivity index (χ1n) is 8.67. The number of likely N-dealkylation sites (tertiary alicyclic amines) is 1. The smallest absolute Gasteiger partial charge is 0.0753 e. The van der Waals surface area contributed by atoms with Crippen molar-refractivity contribution in [3.63, 3.8) is 0 Å². The van der Waals surface area contributed by atoms with Crippen molar-refractivity contribution in [3.05, 3.63) is 59.1 Å². The highest BCUT2D eigenvalue weighted by atomic mass is 35.5. The fourth-order valence-corrected chi connectivity index (χ4v) is 3.39. The molecule has 0 amide bonds. The van der Waals surface area contributed by atoms with Crippen LogP contribution in [0.5, 0.6) is 0 Å². The first kappa shape index (κ1) is 17.3. The zero-order valence-electron chi connectivity index (χ0n) is 14.2.